The molecule has 4 rings (SSSR count). The number of hydrogen-bond acceptors (Lipinski definition) is 5. The van der Waals surface area contributed by atoms with Crippen molar-refractivity contribution in [3.8, 4) is 0 Å². The lowest BCUT2D eigenvalue weighted by atomic mass is 10.1. The molecule has 2 aromatic carbocycles. The molecule has 1 aliphatic rings. The molecule has 1 aromatic heterocycles. The Kier molecular flexibility index (Phi) is 4.37. The summed E-state index contributed by atoms with van der Waals surface area (Å²) in [5, 5.41) is 5.69. The molecule has 0 atom stereocenters. The Hall–Kier alpha value is -3.19. The van der Waals surface area contributed by atoms with Crippen molar-refractivity contribution in [1.82, 2.24) is 15.3 Å². The Bertz CT molecular complexity index is 992. The first-order valence-electron chi connectivity index (χ1n) is 7.96. The second-order valence-electron chi connectivity index (χ2n) is 5.64. The van der Waals surface area contributed by atoms with Crippen molar-refractivity contribution in [3.63, 3.8) is 0 Å². The van der Waals surface area contributed by atoms with Gasteiger partial charge < -0.3 is 10.6 Å². The molecular formula is C19H14N4O2S. The molecule has 2 heterocycles. The summed E-state index contributed by atoms with van der Waals surface area (Å²) in [7, 11) is 0. The molecule has 1 aliphatic heterocycles. The molecule has 0 saturated carbocycles. The summed E-state index contributed by atoms with van der Waals surface area (Å²) in [5.41, 5.74) is 2.40. The van der Waals surface area contributed by atoms with Gasteiger partial charge in [0.05, 0.1) is 29.7 Å². The highest BCUT2D eigenvalue weighted by Crippen LogP contribution is 2.38. The van der Waals surface area contributed by atoms with Crippen LogP contribution in [-0.4, -0.2) is 21.8 Å². The second kappa shape index (κ2) is 6.97. The topological polar surface area (TPSA) is 84.0 Å². The van der Waals surface area contributed by atoms with Gasteiger partial charge in [0.1, 0.15) is 0 Å². The van der Waals surface area contributed by atoms with Crippen molar-refractivity contribution in [2.75, 3.05) is 5.32 Å². The van der Waals surface area contributed by atoms with Crippen LogP contribution in [-0.2, 0) is 6.54 Å². The van der Waals surface area contributed by atoms with Crippen LogP contribution >= 0.6 is 11.8 Å². The van der Waals surface area contributed by atoms with E-state index < -0.39 is 0 Å². The fourth-order valence-electron chi connectivity index (χ4n) is 2.60. The average molecular weight is 362 g/mol. The minimum atomic E-state index is -0.237. The predicted octanol–water partition coefficient (Wildman–Crippen LogP) is 3.12. The van der Waals surface area contributed by atoms with Crippen molar-refractivity contribution in [1.29, 1.82) is 0 Å². The maximum atomic E-state index is 12.4. The maximum Gasteiger partial charge on any atom is 0.256 e. The van der Waals surface area contributed by atoms with E-state index in [1.165, 1.54) is 11.8 Å². The van der Waals surface area contributed by atoms with Crippen LogP contribution in [0.25, 0.3) is 0 Å². The highest BCUT2D eigenvalue weighted by atomic mass is 32.2. The van der Waals surface area contributed by atoms with E-state index in [9.17, 15) is 9.59 Å². The van der Waals surface area contributed by atoms with E-state index in [0.717, 1.165) is 9.79 Å². The van der Waals surface area contributed by atoms with Crippen molar-refractivity contribution in [2.45, 2.75) is 16.3 Å². The third-order valence-corrected chi connectivity index (χ3v) is 5.04. The largest absolute Gasteiger partial charge is 0.346 e. The number of carbonyl (C=O) groups excluding carboxylic acids is 2. The van der Waals surface area contributed by atoms with E-state index in [2.05, 4.69) is 20.6 Å². The van der Waals surface area contributed by atoms with Crippen molar-refractivity contribution < 1.29 is 9.59 Å². The maximum absolute atomic E-state index is 12.4. The van der Waals surface area contributed by atoms with E-state index in [4.69, 9.17) is 0 Å². The summed E-state index contributed by atoms with van der Waals surface area (Å²) in [6.07, 6.45) is 4.76. The van der Waals surface area contributed by atoms with E-state index in [1.807, 2.05) is 24.3 Å². The van der Waals surface area contributed by atoms with Crippen LogP contribution in [0, 0.1) is 0 Å². The van der Waals surface area contributed by atoms with Gasteiger partial charge in [-0.2, -0.15) is 0 Å². The van der Waals surface area contributed by atoms with Crippen LogP contribution in [0.1, 0.15) is 26.4 Å². The minimum absolute atomic E-state index is 0.177. The summed E-state index contributed by atoms with van der Waals surface area (Å²) in [6, 6.07) is 12.7. The van der Waals surface area contributed by atoms with Gasteiger partial charge in [0.2, 0.25) is 0 Å². The van der Waals surface area contributed by atoms with Crippen LogP contribution in [0.5, 0.6) is 0 Å². The lowest BCUT2D eigenvalue weighted by molar-refractivity contribution is 0.0949. The smallest absolute Gasteiger partial charge is 0.256 e. The monoisotopic (exact) mass is 362 g/mol. The van der Waals surface area contributed by atoms with Gasteiger partial charge in [-0.05, 0) is 30.3 Å². The number of amides is 2. The molecule has 0 saturated heterocycles. The lowest BCUT2D eigenvalue weighted by Crippen LogP contribution is -2.23. The molecule has 128 valence electrons. The fraction of sp³-hybridized carbons (Fsp3) is 0.0526. The zero-order valence-electron chi connectivity index (χ0n) is 13.6. The standard InChI is InChI=1S/C19H14N4O2S/c24-18(22-11-13-10-20-7-8-21-13)12-5-6-17-15(9-12)23-19(25)14-3-1-2-4-16(14)26-17/h1-10H,11H2,(H,22,24)(H,23,25). The highest BCUT2D eigenvalue weighted by Gasteiger charge is 2.20. The first-order valence-corrected chi connectivity index (χ1v) is 8.78. The zero-order chi connectivity index (χ0) is 17.9. The normalized spacial score (nSPS) is 12.4. The molecule has 26 heavy (non-hydrogen) atoms. The molecule has 2 N–H and O–H groups in total. The Morgan fingerprint density at radius 2 is 2.00 bits per heavy atom. The summed E-state index contributed by atoms with van der Waals surface area (Å²) in [6.45, 7) is 0.288. The van der Waals surface area contributed by atoms with E-state index in [0.29, 0.717) is 22.5 Å². The van der Waals surface area contributed by atoms with Gasteiger partial charge in [0.25, 0.3) is 11.8 Å². The van der Waals surface area contributed by atoms with Gasteiger partial charge in [-0.1, -0.05) is 23.9 Å². The molecular weight excluding hydrogens is 348 g/mol. The summed E-state index contributed by atoms with van der Waals surface area (Å²) < 4.78 is 0. The number of hydrogen-bond donors (Lipinski definition) is 2. The number of nitrogens with zero attached hydrogens (tertiary/aromatic N) is 2. The molecule has 6 nitrogen and oxygen atoms in total. The van der Waals surface area contributed by atoms with Crippen LogP contribution in [0.3, 0.4) is 0 Å². The van der Waals surface area contributed by atoms with Crippen molar-refractivity contribution >= 4 is 29.3 Å². The number of anilines is 1. The quantitative estimate of drug-likeness (QED) is 0.748. The van der Waals surface area contributed by atoms with Gasteiger partial charge in [0, 0.05) is 27.7 Å². The fourth-order valence-corrected chi connectivity index (χ4v) is 3.61. The molecule has 2 amide bonds. The summed E-state index contributed by atoms with van der Waals surface area (Å²) in [5.74, 6) is -0.413. The number of benzene rings is 2. The van der Waals surface area contributed by atoms with Gasteiger partial charge in [-0.15, -0.1) is 0 Å². The Morgan fingerprint density at radius 3 is 2.85 bits per heavy atom. The molecule has 7 heteroatoms. The second-order valence-corrected chi connectivity index (χ2v) is 6.73. The molecule has 0 radical (unpaired) electrons. The minimum Gasteiger partial charge on any atom is -0.346 e. The SMILES string of the molecule is O=C(NCc1cnccn1)c1ccc2c(c1)NC(=O)c1ccccc1S2. The van der Waals surface area contributed by atoms with Crippen LogP contribution in [0.4, 0.5) is 5.69 Å². The van der Waals surface area contributed by atoms with Crippen LogP contribution in [0.2, 0.25) is 0 Å². The molecule has 3 aromatic rings. The predicted molar refractivity (Wildman–Crippen MR) is 98.2 cm³/mol. The van der Waals surface area contributed by atoms with E-state index >= 15 is 0 Å². The molecule has 0 aliphatic carbocycles. The van der Waals surface area contributed by atoms with Gasteiger partial charge in [-0.25, -0.2) is 0 Å². The molecule has 0 unspecified atom stereocenters. The Labute approximate surface area is 154 Å². The highest BCUT2D eigenvalue weighted by molar-refractivity contribution is 7.99. The molecule has 0 spiro atoms. The summed E-state index contributed by atoms with van der Waals surface area (Å²) >= 11 is 1.50. The number of rotatable bonds is 3. The number of carbonyl (C=O) groups is 2. The lowest BCUT2D eigenvalue weighted by Gasteiger charge is -2.09. The summed E-state index contributed by atoms with van der Waals surface area (Å²) in [4.78, 5) is 34.7. The first-order chi connectivity index (χ1) is 12.7. The number of aromatic nitrogens is 2. The average Bonchev–Trinajstić information content (AvgIpc) is 2.82. The zero-order valence-corrected chi connectivity index (χ0v) is 14.4. The Morgan fingerprint density at radius 1 is 1.12 bits per heavy atom. The van der Waals surface area contributed by atoms with E-state index in [-0.39, 0.29) is 18.4 Å². The van der Waals surface area contributed by atoms with Crippen LogP contribution in [0.15, 0.2) is 70.8 Å². The number of fused-ring (bicyclic) bond motifs is 2. The van der Waals surface area contributed by atoms with Gasteiger partial charge in [-0.3, -0.25) is 19.6 Å². The molecule has 0 fully saturated rings. The first kappa shape index (κ1) is 16.3. The van der Waals surface area contributed by atoms with Crippen molar-refractivity contribution in [3.05, 3.63) is 77.9 Å². The van der Waals surface area contributed by atoms with Crippen molar-refractivity contribution in [2.24, 2.45) is 0 Å². The van der Waals surface area contributed by atoms with Gasteiger partial charge in [0.15, 0.2) is 0 Å². The van der Waals surface area contributed by atoms with Gasteiger partial charge >= 0.3 is 0 Å². The molecule has 0 bridgehead atoms. The van der Waals surface area contributed by atoms with E-state index in [1.54, 1.807) is 36.8 Å². The third kappa shape index (κ3) is 3.29. The number of nitrogens with one attached hydrogen (secondary N) is 2. The Balaban J connectivity index is 1.55. The third-order valence-electron chi connectivity index (χ3n) is 3.89. The van der Waals surface area contributed by atoms with Crippen LogP contribution < -0.4 is 10.6 Å².